The zero-order valence-corrected chi connectivity index (χ0v) is 8.95. The molecule has 0 spiro atoms. The lowest BCUT2D eigenvalue weighted by molar-refractivity contribution is 0.408. The second kappa shape index (κ2) is 4.25. The van der Waals surface area contributed by atoms with Crippen molar-refractivity contribution >= 4 is 35.2 Å². The Bertz CT molecular complexity index is 319. The third kappa shape index (κ3) is 2.32. The zero-order chi connectivity index (χ0) is 10.0. The van der Waals surface area contributed by atoms with E-state index in [1.807, 2.05) is 0 Å². The molecule has 2 N–H and O–H groups in total. The average Bonchev–Trinajstić information content (AvgIpc) is 2.09. The second-order valence-electron chi connectivity index (χ2n) is 2.39. The Morgan fingerprint density at radius 3 is 2.54 bits per heavy atom. The van der Waals surface area contributed by atoms with Gasteiger partial charge in [-0.15, -0.1) is 0 Å². The maximum atomic E-state index is 13.1. The minimum atomic E-state index is -1.68. The molecular formula is C7H7BFIO3. The highest BCUT2D eigenvalue weighted by Crippen LogP contribution is 2.16. The summed E-state index contributed by atoms with van der Waals surface area (Å²) < 4.78 is 18.0. The minimum absolute atomic E-state index is 0.109. The van der Waals surface area contributed by atoms with Crippen LogP contribution in [0.2, 0.25) is 0 Å². The maximum Gasteiger partial charge on any atom is 0.489 e. The summed E-state index contributed by atoms with van der Waals surface area (Å²) >= 11 is 1.70. The first-order chi connectivity index (χ1) is 6.06. The molecule has 1 rings (SSSR count). The van der Waals surface area contributed by atoms with Crippen molar-refractivity contribution < 1.29 is 19.2 Å². The van der Waals surface area contributed by atoms with Crippen molar-refractivity contribution in [3.05, 3.63) is 21.5 Å². The van der Waals surface area contributed by atoms with Gasteiger partial charge in [-0.2, -0.15) is 0 Å². The molecule has 6 heteroatoms. The van der Waals surface area contributed by atoms with Crippen LogP contribution in [-0.4, -0.2) is 24.3 Å². The molecule has 1 aromatic rings. The predicted molar refractivity (Wildman–Crippen MR) is 55.5 cm³/mol. The van der Waals surface area contributed by atoms with Gasteiger partial charge in [0.15, 0.2) is 0 Å². The SMILES string of the molecule is COc1cc(F)c(I)c(B(O)O)c1. The van der Waals surface area contributed by atoms with E-state index in [-0.39, 0.29) is 14.8 Å². The molecule has 3 nitrogen and oxygen atoms in total. The van der Waals surface area contributed by atoms with Gasteiger partial charge in [0, 0.05) is 15.1 Å². The molecule has 0 saturated heterocycles. The van der Waals surface area contributed by atoms with E-state index in [4.69, 9.17) is 14.8 Å². The van der Waals surface area contributed by atoms with Gasteiger partial charge in [0.2, 0.25) is 0 Å². The molecule has 1 aromatic carbocycles. The smallest absolute Gasteiger partial charge is 0.489 e. The maximum absolute atomic E-state index is 13.1. The van der Waals surface area contributed by atoms with Crippen LogP contribution in [0, 0.1) is 9.39 Å². The van der Waals surface area contributed by atoms with Crippen molar-refractivity contribution in [1.82, 2.24) is 0 Å². The topological polar surface area (TPSA) is 49.7 Å². The van der Waals surface area contributed by atoms with Gasteiger partial charge < -0.3 is 14.8 Å². The van der Waals surface area contributed by atoms with Crippen molar-refractivity contribution in [3.8, 4) is 5.75 Å². The van der Waals surface area contributed by atoms with Gasteiger partial charge in [0.1, 0.15) is 11.6 Å². The van der Waals surface area contributed by atoms with E-state index in [0.29, 0.717) is 0 Å². The summed E-state index contributed by atoms with van der Waals surface area (Å²) in [6, 6.07) is 2.57. The van der Waals surface area contributed by atoms with E-state index in [1.165, 1.54) is 19.2 Å². The molecule has 0 fully saturated rings. The molecule has 0 aromatic heterocycles. The van der Waals surface area contributed by atoms with Gasteiger partial charge in [0.25, 0.3) is 0 Å². The lowest BCUT2D eigenvalue weighted by Gasteiger charge is -2.07. The summed E-state index contributed by atoms with van der Waals surface area (Å²) in [5.41, 5.74) is 0.109. The summed E-state index contributed by atoms with van der Waals surface area (Å²) in [6.45, 7) is 0. The normalized spacial score (nSPS) is 9.92. The molecule has 0 amide bonds. The van der Waals surface area contributed by atoms with Crippen LogP contribution in [0.5, 0.6) is 5.75 Å². The Labute approximate surface area is 88.8 Å². The Hall–Kier alpha value is -0.335. The van der Waals surface area contributed by atoms with Crippen LogP contribution >= 0.6 is 22.6 Å². The van der Waals surface area contributed by atoms with E-state index in [0.717, 1.165) is 0 Å². The van der Waals surface area contributed by atoms with Crippen LogP contribution in [0.4, 0.5) is 4.39 Å². The summed E-state index contributed by atoms with van der Waals surface area (Å²) in [6.07, 6.45) is 0. The standard InChI is InChI=1S/C7H7BFIO3/c1-13-4-2-5(8(11)12)7(10)6(9)3-4/h2-3,11-12H,1H3. The minimum Gasteiger partial charge on any atom is -0.497 e. The van der Waals surface area contributed by atoms with Crippen LogP contribution in [0.1, 0.15) is 0 Å². The number of halogens is 2. The van der Waals surface area contributed by atoms with Gasteiger partial charge in [-0.3, -0.25) is 0 Å². The van der Waals surface area contributed by atoms with Crippen molar-refractivity contribution in [2.45, 2.75) is 0 Å². The molecule has 70 valence electrons. The Morgan fingerprint density at radius 2 is 2.08 bits per heavy atom. The fourth-order valence-electron chi connectivity index (χ4n) is 0.890. The first kappa shape index (κ1) is 10.7. The van der Waals surface area contributed by atoms with Crippen molar-refractivity contribution in [3.63, 3.8) is 0 Å². The third-order valence-electron chi connectivity index (χ3n) is 1.54. The molecule has 0 heterocycles. The Balaban J connectivity index is 3.25. The molecule has 0 saturated carbocycles. The van der Waals surface area contributed by atoms with E-state index >= 15 is 0 Å². The first-order valence-electron chi connectivity index (χ1n) is 3.45. The van der Waals surface area contributed by atoms with Crippen LogP contribution in [0.15, 0.2) is 12.1 Å². The Morgan fingerprint density at radius 1 is 1.46 bits per heavy atom. The molecule has 0 aliphatic heterocycles. The van der Waals surface area contributed by atoms with Crippen LogP contribution in [0.25, 0.3) is 0 Å². The number of hydrogen-bond acceptors (Lipinski definition) is 3. The molecule has 0 atom stereocenters. The highest BCUT2D eigenvalue weighted by molar-refractivity contribution is 14.1. The quantitative estimate of drug-likeness (QED) is 0.602. The lowest BCUT2D eigenvalue weighted by atomic mass is 9.80. The van der Waals surface area contributed by atoms with Crippen LogP contribution < -0.4 is 10.2 Å². The highest BCUT2D eigenvalue weighted by atomic mass is 127. The average molecular weight is 296 g/mol. The summed E-state index contributed by atoms with van der Waals surface area (Å²) in [5.74, 6) is -0.260. The molecule has 0 aliphatic rings. The summed E-state index contributed by atoms with van der Waals surface area (Å²) in [4.78, 5) is 0. The van der Waals surface area contributed by atoms with E-state index in [9.17, 15) is 4.39 Å². The monoisotopic (exact) mass is 296 g/mol. The summed E-state index contributed by atoms with van der Waals surface area (Å²) in [7, 11) is -0.300. The van der Waals surface area contributed by atoms with E-state index < -0.39 is 12.9 Å². The molecule has 0 radical (unpaired) electrons. The van der Waals surface area contributed by atoms with Crippen molar-refractivity contribution in [1.29, 1.82) is 0 Å². The first-order valence-corrected chi connectivity index (χ1v) is 4.53. The van der Waals surface area contributed by atoms with Crippen LogP contribution in [0.3, 0.4) is 0 Å². The second-order valence-corrected chi connectivity index (χ2v) is 3.46. The number of rotatable bonds is 2. The number of hydrogen-bond donors (Lipinski definition) is 2. The number of benzene rings is 1. The van der Waals surface area contributed by atoms with Crippen molar-refractivity contribution in [2.75, 3.05) is 7.11 Å². The molecular weight excluding hydrogens is 289 g/mol. The van der Waals surface area contributed by atoms with E-state index in [1.54, 1.807) is 22.6 Å². The number of ether oxygens (including phenoxy) is 1. The van der Waals surface area contributed by atoms with Crippen LogP contribution in [-0.2, 0) is 0 Å². The zero-order valence-electron chi connectivity index (χ0n) is 6.79. The fourth-order valence-corrected chi connectivity index (χ4v) is 1.48. The predicted octanol–water partition coefficient (Wildman–Crippen LogP) is 0.119. The van der Waals surface area contributed by atoms with Gasteiger partial charge in [-0.1, -0.05) is 0 Å². The molecule has 0 bridgehead atoms. The Kier molecular flexibility index (Phi) is 3.51. The largest absolute Gasteiger partial charge is 0.497 e. The van der Waals surface area contributed by atoms with Gasteiger partial charge >= 0.3 is 7.12 Å². The van der Waals surface area contributed by atoms with Gasteiger partial charge in [-0.05, 0) is 28.7 Å². The highest BCUT2D eigenvalue weighted by Gasteiger charge is 2.18. The van der Waals surface area contributed by atoms with Gasteiger partial charge in [0.05, 0.1) is 7.11 Å². The molecule has 0 aliphatic carbocycles. The fraction of sp³-hybridized carbons (Fsp3) is 0.143. The molecule has 0 unspecified atom stereocenters. The molecule has 13 heavy (non-hydrogen) atoms. The third-order valence-corrected chi connectivity index (χ3v) is 2.68. The van der Waals surface area contributed by atoms with E-state index in [2.05, 4.69) is 0 Å². The summed E-state index contributed by atoms with van der Waals surface area (Å²) in [5, 5.41) is 17.8. The van der Waals surface area contributed by atoms with Crippen molar-refractivity contribution in [2.24, 2.45) is 0 Å². The van der Waals surface area contributed by atoms with Gasteiger partial charge in [-0.25, -0.2) is 4.39 Å². The lowest BCUT2D eigenvalue weighted by Crippen LogP contribution is -2.33. The number of methoxy groups -OCH3 is 1.